The molecule has 8 heteroatoms. The molecule has 2 aliphatic heterocycles. The Labute approximate surface area is 194 Å². The Hall–Kier alpha value is -2.03. The van der Waals surface area contributed by atoms with Crippen LogP contribution in [-0.4, -0.2) is 65.3 Å². The summed E-state index contributed by atoms with van der Waals surface area (Å²) in [5.41, 5.74) is 2.47. The molecule has 4 rings (SSSR count). The maximum atomic E-state index is 12.9. The lowest BCUT2D eigenvalue weighted by Crippen LogP contribution is -2.47. The van der Waals surface area contributed by atoms with E-state index in [0.717, 1.165) is 49.6 Å². The number of likely N-dealkylation sites (tertiary alicyclic amines) is 1. The van der Waals surface area contributed by atoms with Gasteiger partial charge in [-0.1, -0.05) is 43.2 Å². The summed E-state index contributed by atoms with van der Waals surface area (Å²) < 4.78 is 16.1. The number of unbranched alkanes of at least 4 members (excludes halogenated alkanes) is 1. The van der Waals surface area contributed by atoms with Crippen LogP contribution in [-0.2, 0) is 20.7 Å². The second-order valence-electron chi connectivity index (χ2n) is 8.73. The van der Waals surface area contributed by atoms with Gasteiger partial charge in [-0.3, -0.25) is 4.79 Å². The molecule has 1 aromatic heterocycles. The Balaban J connectivity index is 1.31. The molecule has 2 fully saturated rings. The van der Waals surface area contributed by atoms with Gasteiger partial charge < -0.3 is 19.3 Å². The van der Waals surface area contributed by atoms with Gasteiger partial charge in [0.15, 0.2) is 5.79 Å². The molecular formula is C24H34N4O3S. The third-order valence-corrected chi connectivity index (χ3v) is 7.09. The van der Waals surface area contributed by atoms with E-state index in [4.69, 9.17) is 14.5 Å². The second kappa shape index (κ2) is 10.7. The van der Waals surface area contributed by atoms with E-state index in [1.54, 1.807) is 0 Å². The summed E-state index contributed by atoms with van der Waals surface area (Å²) in [7, 11) is 0. The molecule has 2 saturated heterocycles. The highest BCUT2D eigenvalue weighted by Crippen LogP contribution is 2.31. The molecule has 0 unspecified atom stereocenters. The fourth-order valence-electron chi connectivity index (χ4n) is 4.26. The number of nitrogens with zero attached hydrogens (tertiary/aromatic N) is 4. The maximum absolute atomic E-state index is 12.9. The van der Waals surface area contributed by atoms with Gasteiger partial charge in [0.1, 0.15) is 5.82 Å². The van der Waals surface area contributed by atoms with Crippen molar-refractivity contribution in [3.05, 3.63) is 41.2 Å². The first-order valence-corrected chi connectivity index (χ1v) is 12.5. The predicted molar refractivity (Wildman–Crippen MR) is 126 cm³/mol. The van der Waals surface area contributed by atoms with Gasteiger partial charge in [0.2, 0.25) is 11.0 Å². The van der Waals surface area contributed by atoms with Gasteiger partial charge in [-0.25, -0.2) is 4.98 Å². The molecule has 2 aromatic rings. The molecule has 174 valence electrons. The first-order chi connectivity index (χ1) is 15.6. The number of rotatable bonds is 9. The maximum Gasteiger partial charge on any atom is 0.224 e. The summed E-state index contributed by atoms with van der Waals surface area (Å²) in [4.78, 5) is 21.8. The molecule has 1 spiro atoms. The highest BCUT2D eigenvalue weighted by atomic mass is 32.1. The minimum absolute atomic E-state index is 0.198. The van der Waals surface area contributed by atoms with Gasteiger partial charge in [0.25, 0.3) is 0 Å². The highest BCUT2D eigenvalue weighted by molar-refractivity contribution is 7.09. The normalized spacial score (nSPS) is 17.8. The fourth-order valence-corrected chi connectivity index (χ4v) is 4.99. The van der Waals surface area contributed by atoms with Crippen LogP contribution in [0.15, 0.2) is 24.3 Å². The topological polar surface area (TPSA) is 67.8 Å². The van der Waals surface area contributed by atoms with E-state index in [0.29, 0.717) is 39.3 Å². The number of ether oxygens (including phenoxy) is 2. The number of aryl methyl sites for hydroxylation is 1. The quantitative estimate of drug-likeness (QED) is 0.569. The van der Waals surface area contributed by atoms with Crippen molar-refractivity contribution in [3.63, 3.8) is 0 Å². The molecule has 0 N–H and O–H groups in total. The standard InChI is InChI=1S/C24H34N4O3S/c1-3-4-12-28(23-25-21(26-32-23)18-20-7-5-19(2)6-8-20)13-9-22(29)27-14-10-24(11-15-27)30-16-17-31-24/h5-8H,3-4,9-18H2,1-2H3. The Morgan fingerprint density at radius 1 is 1.16 bits per heavy atom. The minimum Gasteiger partial charge on any atom is -0.347 e. The number of hydrogen-bond acceptors (Lipinski definition) is 7. The smallest absolute Gasteiger partial charge is 0.224 e. The van der Waals surface area contributed by atoms with Crippen molar-refractivity contribution in [1.82, 2.24) is 14.3 Å². The van der Waals surface area contributed by atoms with Crippen LogP contribution in [0.25, 0.3) is 0 Å². The summed E-state index contributed by atoms with van der Waals surface area (Å²) in [6, 6.07) is 8.51. The molecule has 1 aromatic carbocycles. The van der Waals surface area contributed by atoms with Gasteiger partial charge in [-0.05, 0) is 18.9 Å². The number of piperidine rings is 1. The molecular weight excluding hydrogens is 424 g/mol. The van der Waals surface area contributed by atoms with Crippen molar-refractivity contribution in [2.24, 2.45) is 0 Å². The van der Waals surface area contributed by atoms with Crippen molar-refractivity contribution in [1.29, 1.82) is 0 Å². The van der Waals surface area contributed by atoms with E-state index < -0.39 is 5.79 Å². The first kappa shape index (κ1) is 23.1. The summed E-state index contributed by atoms with van der Waals surface area (Å²) in [5.74, 6) is 0.605. The summed E-state index contributed by atoms with van der Waals surface area (Å²) in [5, 5.41) is 0.915. The van der Waals surface area contributed by atoms with Crippen molar-refractivity contribution in [3.8, 4) is 0 Å². The SMILES string of the molecule is CCCCN(CCC(=O)N1CCC2(CC1)OCCO2)c1nc(Cc2ccc(C)cc2)ns1. The lowest BCUT2D eigenvalue weighted by molar-refractivity contribution is -0.187. The van der Waals surface area contributed by atoms with E-state index in [1.807, 2.05) is 4.90 Å². The monoisotopic (exact) mass is 458 g/mol. The molecule has 7 nitrogen and oxygen atoms in total. The Morgan fingerprint density at radius 3 is 2.56 bits per heavy atom. The third-order valence-electron chi connectivity index (χ3n) is 6.28. The van der Waals surface area contributed by atoms with Crippen molar-refractivity contribution < 1.29 is 14.3 Å². The molecule has 0 bridgehead atoms. The lowest BCUT2D eigenvalue weighted by Gasteiger charge is -2.37. The first-order valence-electron chi connectivity index (χ1n) is 11.8. The summed E-state index contributed by atoms with van der Waals surface area (Å²) in [6.45, 7) is 8.57. The highest BCUT2D eigenvalue weighted by Gasteiger charge is 2.40. The number of anilines is 1. The number of aromatic nitrogens is 2. The molecule has 0 aliphatic carbocycles. The van der Waals surface area contributed by atoms with Crippen LogP contribution in [0, 0.1) is 6.92 Å². The largest absolute Gasteiger partial charge is 0.347 e. The third kappa shape index (κ3) is 5.85. The van der Waals surface area contributed by atoms with Gasteiger partial charge in [0.05, 0.1) is 13.2 Å². The van der Waals surface area contributed by atoms with Crippen LogP contribution in [0.5, 0.6) is 0 Å². The molecule has 0 radical (unpaired) electrons. The molecule has 0 atom stereocenters. The van der Waals surface area contributed by atoms with Crippen molar-refractivity contribution in [2.45, 2.75) is 58.2 Å². The Morgan fingerprint density at radius 2 is 1.88 bits per heavy atom. The van der Waals surface area contributed by atoms with Crippen LogP contribution in [0.1, 0.15) is 56.0 Å². The average molecular weight is 459 g/mol. The Kier molecular flexibility index (Phi) is 7.75. The van der Waals surface area contributed by atoms with Crippen LogP contribution in [0.2, 0.25) is 0 Å². The zero-order chi connectivity index (χ0) is 22.4. The minimum atomic E-state index is -0.440. The summed E-state index contributed by atoms with van der Waals surface area (Å²) >= 11 is 1.44. The summed E-state index contributed by atoms with van der Waals surface area (Å²) in [6.07, 6.45) is 4.92. The molecule has 1 amide bonds. The lowest BCUT2D eigenvalue weighted by atomic mass is 10.0. The predicted octanol–water partition coefficient (Wildman–Crippen LogP) is 3.80. The van der Waals surface area contributed by atoms with Crippen molar-refractivity contribution >= 4 is 22.6 Å². The number of carbonyl (C=O) groups excluding carboxylic acids is 1. The van der Waals surface area contributed by atoms with Crippen LogP contribution < -0.4 is 4.90 Å². The number of amides is 1. The number of hydrogen-bond donors (Lipinski definition) is 0. The van der Waals surface area contributed by atoms with Crippen LogP contribution >= 0.6 is 11.5 Å². The number of benzene rings is 1. The van der Waals surface area contributed by atoms with E-state index in [2.05, 4.69) is 47.4 Å². The Bertz CT molecular complexity index is 870. The number of carbonyl (C=O) groups is 1. The van der Waals surface area contributed by atoms with Gasteiger partial charge >= 0.3 is 0 Å². The average Bonchev–Trinajstić information content (AvgIpc) is 3.46. The van der Waals surface area contributed by atoms with Gasteiger partial charge in [-0.2, -0.15) is 4.37 Å². The van der Waals surface area contributed by atoms with E-state index in [1.165, 1.54) is 22.7 Å². The second-order valence-corrected chi connectivity index (χ2v) is 9.46. The van der Waals surface area contributed by atoms with Crippen molar-refractivity contribution in [2.75, 3.05) is 44.3 Å². The zero-order valence-corrected chi connectivity index (χ0v) is 20.0. The van der Waals surface area contributed by atoms with E-state index in [9.17, 15) is 4.79 Å². The van der Waals surface area contributed by atoms with E-state index in [-0.39, 0.29) is 5.91 Å². The van der Waals surface area contributed by atoms with E-state index >= 15 is 0 Å². The molecule has 2 aliphatic rings. The van der Waals surface area contributed by atoms with Crippen LogP contribution in [0.4, 0.5) is 5.13 Å². The molecule has 0 saturated carbocycles. The van der Waals surface area contributed by atoms with Gasteiger partial charge in [0, 0.05) is 63.4 Å². The molecule has 3 heterocycles. The van der Waals surface area contributed by atoms with Gasteiger partial charge in [-0.15, -0.1) is 0 Å². The fraction of sp³-hybridized carbons (Fsp3) is 0.625. The zero-order valence-electron chi connectivity index (χ0n) is 19.2. The van der Waals surface area contributed by atoms with Crippen LogP contribution in [0.3, 0.4) is 0 Å². The molecule has 32 heavy (non-hydrogen) atoms.